The number of benzene rings is 1. The highest BCUT2D eigenvalue weighted by molar-refractivity contribution is 5.80. The highest BCUT2D eigenvalue weighted by atomic mass is 19.1. The molecule has 0 unspecified atom stereocenters. The van der Waals surface area contributed by atoms with Gasteiger partial charge in [0.15, 0.2) is 5.79 Å². The van der Waals surface area contributed by atoms with E-state index in [-0.39, 0.29) is 29.6 Å². The zero-order valence-corrected chi connectivity index (χ0v) is 14.4. The second kappa shape index (κ2) is 7.19. The summed E-state index contributed by atoms with van der Waals surface area (Å²) in [7, 11) is 0. The summed E-state index contributed by atoms with van der Waals surface area (Å²) < 4.78 is 24.6. The molecule has 2 atom stereocenters. The van der Waals surface area contributed by atoms with Gasteiger partial charge in [-0.05, 0) is 42.9 Å². The van der Waals surface area contributed by atoms with Crippen LogP contribution >= 0.6 is 0 Å². The maximum atomic E-state index is 13.1. The minimum atomic E-state index is -0.707. The van der Waals surface area contributed by atoms with Gasteiger partial charge in [0.25, 0.3) is 0 Å². The van der Waals surface area contributed by atoms with Crippen LogP contribution in [0.3, 0.4) is 0 Å². The van der Waals surface area contributed by atoms with Gasteiger partial charge >= 0.3 is 0 Å². The molecule has 1 spiro atoms. The normalized spacial score (nSPS) is 23.8. The fourth-order valence-electron chi connectivity index (χ4n) is 3.70. The number of hydrogen-bond acceptors (Lipinski definition) is 3. The zero-order valence-electron chi connectivity index (χ0n) is 14.4. The lowest BCUT2D eigenvalue weighted by Gasteiger charge is -2.31. The van der Waals surface area contributed by atoms with Gasteiger partial charge in [-0.1, -0.05) is 26.0 Å². The van der Waals surface area contributed by atoms with Gasteiger partial charge in [0.2, 0.25) is 5.91 Å². The van der Waals surface area contributed by atoms with Gasteiger partial charge in [-0.2, -0.15) is 0 Å². The van der Waals surface area contributed by atoms with Crippen molar-refractivity contribution in [1.82, 2.24) is 5.32 Å². The average molecular weight is 335 g/mol. The summed E-state index contributed by atoms with van der Waals surface area (Å²) in [6.07, 6.45) is 3.22. The largest absolute Gasteiger partial charge is 0.352 e. The van der Waals surface area contributed by atoms with E-state index in [0.717, 1.165) is 24.8 Å². The minimum Gasteiger partial charge on any atom is -0.352 e. The Labute approximate surface area is 142 Å². The molecule has 0 radical (unpaired) electrons. The van der Waals surface area contributed by atoms with Crippen molar-refractivity contribution in [2.24, 2.45) is 11.8 Å². The topological polar surface area (TPSA) is 47.6 Å². The van der Waals surface area contributed by atoms with Gasteiger partial charge in [0, 0.05) is 12.5 Å². The Morgan fingerprint density at radius 2 is 1.96 bits per heavy atom. The van der Waals surface area contributed by atoms with E-state index in [0.29, 0.717) is 19.6 Å². The third kappa shape index (κ3) is 3.62. The molecule has 0 bridgehead atoms. The molecule has 132 valence electrons. The van der Waals surface area contributed by atoms with E-state index in [1.54, 1.807) is 12.1 Å². The van der Waals surface area contributed by atoms with Crippen molar-refractivity contribution >= 4 is 5.91 Å². The number of nitrogens with one attached hydrogen (secondary N) is 1. The third-order valence-electron chi connectivity index (χ3n) is 5.14. The first-order valence-corrected chi connectivity index (χ1v) is 8.83. The lowest BCUT2D eigenvalue weighted by molar-refractivity contribution is -0.187. The Bertz CT molecular complexity index is 561. The molecule has 1 saturated carbocycles. The fraction of sp³-hybridized carbons (Fsp3) is 0.632. The van der Waals surface area contributed by atoms with Crippen LogP contribution in [-0.4, -0.2) is 30.9 Å². The number of halogens is 1. The molecule has 1 aromatic rings. The highest BCUT2D eigenvalue weighted by Gasteiger charge is 2.51. The summed E-state index contributed by atoms with van der Waals surface area (Å²) in [4.78, 5) is 12.8. The molecule has 3 rings (SSSR count). The standard InChI is InChI=1S/C19H26FNO3/c1-13(2)17(12-14-5-7-15(20)8-6-14)21-18(22)16-4-3-9-19(16)23-10-11-24-19/h5-8,13,16-17H,3-4,9-12H2,1-2H3,(H,21,22)/t16-,17-/m1/s1. The van der Waals surface area contributed by atoms with Crippen molar-refractivity contribution in [3.05, 3.63) is 35.6 Å². The van der Waals surface area contributed by atoms with Crippen LogP contribution in [0.1, 0.15) is 38.7 Å². The van der Waals surface area contributed by atoms with Gasteiger partial charge in [-0.15, -0.1) is 0 Å². The first-order valence-electron chi connectivity index (χ1n) is 8.83. The summed E-state index contributed by atoms with van der Waals surface area (Å²) in [5.41, 5.74) is 1.02. The first-order chi connectivity index (χ1) is 11.5. The van der Waals surface area contributed by atoms with Crippen molar-refractivity contribution in [3.63, 3.8) is 0 Å². The number of rotatable bonds is 5. The van der Waals surface area contributed by atoms with Gasteiger partial charge in [0.05, 0.1) is 19.1 Å². The Morgan fingerprint density at radius 1 is 1.29 bits per heavy atom. The summed E-state index contributed by atoms with van der Waals surface area (Å²) in [5, 5.41) is 3.18. The molecule has 1 aliphatic carbocycles. The summed E-state index contributed by atoms with van der Waals surface area (Å²) >= 11 is 0. The van der Waals surface area contributed by atoms with Crippen LogP contribution in [0.25, 0.3) is 0 Å². The summed E-state index contributed by atoms with van der Waals surface area (Å²) in [5.74, 6) is -0.902. The number of carbonyl (C=O) groups excluding carboxylic acids is 1. The van der Waals surface area contributed by atoms with E-state index in [2.05, 4.69) is 19.2 Å². The van der Waals surface area contributed by atoms with Crippen LogP contribution in [0, 0.1) is 17.7 Å². The van der Waals surface area contributed by atoms with Gasteiger partial charge < -0.3 is 14.8 Å². The van der Waals surface area contributed by atoms with Gasteiger partial charge in [-0.25, -0.2) is 4.39 Å². The van der Waals surface area contributed by atoms with Crippen LogP contribution in [0.5, 0.6) is 0 Å². The average Bonchev–Trinajstić information content (AvgIpc) is 3.19. The molecule has 1 amide bonds. The quantitative estimate of drug-likeness (QED) is 0.900. The predicted molar refractivity (Wildman–Crippen MR) is 88.8 cm³/mol. The molecular weight excluding hydrogens is 309 g/mol. The minimum absolute atomic E-state index is 0.00187. The zero-order chi connectivity index (χ0) is 17.2. The molecule has 2 aliphatic rings. The number of hydrogen-bond donors (Lipinski definition) is 1. The number of ether oxygens (including phenoxy) is 2. The van der Waals surface area contributed by atoms with Crippen molar-refractivity contribution < 1.29 is 18.7 Å². The third-order valence-corrected chi connectivity index (χ3v) is 5.14. The number of amides is 1. The SMILES string of the molecule is CC(C)[C@@H](Cc1ccc(F)cc1)NC(=O)[C@H]1CCCC12OCCO2. The molecule has 1 heterocycles. The molecule has 1 saturated heterocycles. The molecule has 1 aliphatic heterocycles. The van der Waals surface area contributed by atoms with E-state index in [1.165, 1.54) is 12.1 Å². The van der Waals surface area contributed by atoms with Gasteiger partial charge in [0.1, 0.15) is 5.82 Å². The van der Waals surface area contributed by atoms with Crippen LogP contribution in [0.4, 0.5) is 4.39 Å². The fourth-order valence-corrected chi connectivity index (χ4v) is 3.70. The second-order valence-corrected chi connectivity index (χ2v) is 7.14. The Hall–Kier alpha value is -1.46. The van der Waals surface area contributed by atoms with E-state index >= 15 is 0 Å². The van der Waals surface area contributed by atoms with E-state index in [4.69, 9.17) is 9.47 Å². The van der Waals surface area contributed by atoms with Crippen LogP contribution in [0.2, 0.25) is 0 Å². The molecule has 2 fully saturated rings. The van der Waals surface area contributed by atoms with Gasteiger partial charge in [-0.3, -0.25) is 4.79 Å². The smallest absolute Gasteiger partial charge is 0.228 e. The van der Waals surface area contributed by atoms with E-state index < -0.39 is 5.79 Å². The number of carbonyl (C=O) groups is 1. The molecule has 1 N–H and O–H groups in total. The second-order valence-electron chi connectivity index (χ2n) is 7.14. The lowest BCUT2D eigenvalue weighted by atomic mass is 9.94. The summed E-state index contributed by atoms with van der Waals surface area (Å²) in [6.45, 7) is 5.29. The molecular formula is C19H26FNO3. The van der Waals surface area contributed by atoms with Crippen molar-refractivity contribution in [1.29, 1.82) is 0 Å². The lowest BCUT2D eigenvalue weighted by Crippen LogP contribution is -2.49. The van der Waals surface area contributed by atoms with Crippen molar-refractivity contribution in [3.8, 4) is 0 Å². The maximum absolute atomic E-state index is 13.1. The van der Waals surface area contributed by atoms with Crippen LogP contribution < -0.4 is 5.32 Å². The maximum Gasteiger partial charge on any atom is 0.228 e. The Morgan fingerprint density at radius 3 is 2.58 bits per heavy atom. The monoisotopic (exact) mass is 335 g/mol. The molecule has 4 nitrogen and oxygen atoms in total. The molecule has 24 heavy (non-hydrogen) atoms. The van der Waals surface area contributed by atoms with E-state index in [9.17, 15) is 9.18 Å². The van der Waals surface area contributed by atoms with Crippen LogP contribution in [-0.2, 0) is 20.7 Å². The predicted octanol–water partition coefficient (Wildman–Crippen LogP) is 3.05. The van der Waals surface area contributed by atoms with E-state index in [1.807, 2.05) is 0 Å². The summed E-state index contributed by atoms with van der Waals surface area (Å²) in [6, 6.07) is 6.47. The molecule has 0 aromatic heterocycles. The Kier molecular flexibility index (Phi) is 5.21. The first kappa shape index (κ1) is 17.4. The molecule has 1 aromatic carbocycles. The Balaban J connectivity index is 1.66. The highest BCUT2D eigenvalue weighted by Crippen LogP contribution is 2.42. The molecule has 5 heteroatoms. The van der Waals surface area contributed by atoms with Crippen molar-refractivity contribution in [2.45, 2.75) is 51.4 Å². The van der Waals surface area contributed by atoms with Crippen LogP contribution in [0.15, 0.2) is 24.3 Å². The van der Waals surface area contributed by atoms with Crippen molar-refractivity contribution in [2.75, 3.05) is 13.2 Å².